The van der Waals surface area contributed by atoms with Crippen molar-refractivity contribution in [3.63, 3.8) is 0 Å². The van der Waals surface area contributed by atoms with E-state index >= 15 is 0 Å². The number of likely N-dealkylation sites (tertiary alicyclic amines) is 1. The van der Waals surface area contributed by atoms with Crippen molar-refractivity contribution in [3.8, 4) is 0 Å². The molecule has 1 amide bonds. The molecule has 0 spiro atoms. The molecule has 3 fully saturated rings. The summed E-state index contributed by atoms with van der Waals surface area (Å²) < 4.78 is 0. The zero-order valence-corrected chi connectivity index (χ0v) is 15.9. The van der Waals surface area contributed by atoms with Gasteiger partial charge < -0.3 is 9.80 Å². The first-order chi connectivity index (χ1) is 12.8. The maximum atomic E-state index is 12.7. The lowest BCUT2D eigenvalue weighted by molar-refractivity contribution is -0.137. The number of piperidine rings is 1. The average Bonchev–Trinajstić information content (AvgIpc) is 3.24. The van der Waals surface area contributed by atoms with E-state index in [0.717, 1.165) is 64.5 Å². The fourth-order valence-electron chi connectivity index (χ4n) is 4.91. The van der Waals surface area contributed by atoms with Crippen molar-refractivity contribution in [2.24, 2.45) is 11.8 Å². The zero-order chi connectivity index (χ0) is 17.8. The monoisotopic (exact) mass is 356 g/mol. The van der Waals surface area contributed by atoms with Crippen LogP contribution in [0.5, 0.6) is 0 Å². The minimum Gasteiger partial charge on any atom is -0.354 e. The number of anilines is 1. The van der Waals surface area contributed by atoms with E-state index < -0.39 is 0 Å². The predicted molar refractivity (Wildman–Crippen MR) is 104 cm³/mol. The van der Waals surface area contributed by atoms with Crippen LogP contribution < -0.4 is 4.90 Å². The summed E-state index contributed by atoms with van der Waals surface area (Å²) in [5, 5.41) is 0. The number of aromatic nitrogens is 1. The van der Waals surface area contributed by atoms with Crippen LogP contribution in [0.25, 0.3) is 0 Å². The lowest BCUT2D eigenvalue weighted by atomic mass is 9.95. The van der Waals surface area contributed by atoms with E-state index in [-0.39, 0.29) is 0 Å². The first kappa shape index (κ1) is 17.8. The van der Waals surface area contributed by atoms with Gasteiger partial charge in [0.25, 0.3) is 0 Å². The highest BCUT2D eigenvalue weighted by atomic mass is 16.2. The Bertz CT molecular complexity index is 579. The van der Waals surface area contributed by atoms with Crippen LogP contribution in [0.4, 0.5) is 5.82 Å². The van der Waals surface area contributed by atoms with Crippen molar-refractivity contribution in [1.29, 1.82) is 0 Å². The molecule has 1 saturated carbocycles. The second-order valence-corrected chi connectivity index (χ2v) is 8.25. The first-order valence-corrected chi connectivity index (χ1v) is 10.5. The molecule has 26 heavy (non-hydrogen) atoms. The molecule has 142 valence electrons. The molecular weight excluding hydrogens is 324 g/mol. The van der Waals surface area contributed by atoms with Crippen LogP contribution in [0.15, 0.2) is 24.4 Å². The summed E-state index contributed by atoms with van der Waals surface area (Å²) >= 11 is 0. The number of carbonyl (C=O) groups is 1. The van der Waals surface area contributed by atoms with Gasteiger partial charge in [0.2, 0.25) is 5.91 Å². The maximum Gasteiger partial charge on any atom is 0.225 e. The van der Waals surface area contributed by atoms with Crippen molar-refractivity contribution in [2.75, 3.05) is 50.7 Å². The summed E-state index contributed by atoms with van der Waals surface area (Å²) in [6, 6.07) is 6.14. The Kier molecular flexibility index (Phi) is 5.73. The molecule has 4 rings (SSSR count). The van der Waals surface area contributed by atoms with Gasteiger partial charge in [-0.1, -0.05) is 18.9 Å². The normalized spacial score (nSPS) is 25.6. The van der Waals surface area contributed by atoms with E-state index in [1.54, 1.807) is 0 Å². The molecule has 1 aliphatic carbocycles. The fraction of sp³-hybridized carbons (Fsp3) is 0.714. The molecular formula is C21H32N4O. The number of pyridine rings is 1. The molecule has 1 aromatic heterocycles. The number of nitrogens with zero attached hydrogens (tertiary/aromatic N) is 4. The molecule has 1 atom stereocenters. The fourth-order valence-corrected chi connectivity index (χ4v) is 4.91. The molecule has 5 nitrogen and oxygen atoms in total. The van der Waals surface area contributed by atoms with E-state index in [2.05, 4.69) is 31.8 Å². The van der Waals surface area contributed by atoms with E-state index in [1.165, 1.54) is 25.7 Å². The summed E-state index contributed by atoms with van der Waals surface area (Å²) in [5.74, 6) is 2.52. The van der Waals surface area contributed by atoms with Crippen LogP contribution in [-0.4, -0.2) is 66.5 Å². The molecule has 2 aliphatic heterocycles. The summed E-state index contributed by atoms with van der Waals surface area (Å²) in [5.41, 5.74) is 0. The molecule has 1 aromatic rings. The molecule has 2 saturated heterocycles. The Morgan fingerprint density at radius 2 is 1.81 bits per heavy atom. The van der Waals surface area contributed by atoms with Crippen LogP contribution in [0.2, 0.25) is 0 Å². The van der Waals surface area contributed by atoms with Gasteiger partial charge >= 0.3 is 0 Å². The van der Waals surface area contributed by atoms with E-state index in [0.29, 0.717) is 17.7 Å². The average molecular weight is 357 g/mol. The van der Waals surface area contributed by atoms with Gasteiger partial charge in [-0.3, -0.25) is 9.69 Å². The second kappa shape index (κ2) is 8.38. The third-order valence-corrected chi connectivity index (χ3v) is 6.40. The molecule has 0 N–H and O–H groups in total. The quantitative estimate of drug-likeness (QED) is 0.831. The molecule has 0 aromatic carbocycles. The van der Waals surface area contributed by atoms with Crippen LogP contribution >= 0.6 is 0 Å². The molecule has 3 aliphatic rings. The second-order valence-electron chi connectivity index (χ2n) is 8.25. The molecule has 0 bridgehead atoms. The summed E-state index contributed by atoms with van der Waals surface area (Å²) in [6.07, 6.45) is 9.05. The van der Waals surface area contributed by atoms with Crippen LogP contribution in [0.3, 0.4) is 0 Å². The summed E-state index contributed by atoms with van der Waals surface area (Å²) in [7, 11) is 0. The van der Waals surface area contributed by atoms with Crippen LogP contribution in [0, 0.1) is 11.8 Å². The SMILES string of the molecule is O=C(C1CCCC1)N1CCC[C@H](CN2CCN(c3ccccn3)CC2)C1. The Morgan fingerprint density at radius 1 is 1.00 bits per heavy atom. The highest BCUT2D eigenvalue weighted by Gasteiger charge is 2.31. The minimum absolute atomic E-state index is 0.329. The van der Waals surface area contributed by atoms with Gasteiger partial charge in [-0.2, -0.15) is 0 Å². The first-order valence-electron chi connectivity index (χ1n) is 10.5. The Labute approximate surface area is 157 Å². The van der Waals surface area contributed by atoms with Crippen molar-refractivity contribution < 1.29 is 4.79 Å². The van der Waals surface area contributed by atoms with Gasteiger partial charge in [-0.15, -0.1) is 0 Å². The number of carbonyl (C=O) groups excluding carboxylic acids is 1. The smallest absolute Gasteiger partial charge is 0.225 e. The Morgan fingerprint density at radius 3 is 2.54 bits per heavy atom. The van der Waals surface area contributed by atoms with Gasteiger partial charge in [-0.25, -0.2) is 4.98 Å². The van der Waals surface area contributed by atoms with E-state index in [1.807, 2.05) is 12.3 Å². The van der Waals surface area contributed by atoms with E-state index in [4.69, 9.17) is 0 Å². The van der Waals surface area contributed by atoms with Crippen LogP contribution in [-0.2, 0) is 4.79 Å². The van der Waals surface area contributed by atoms with E-state index in [9.17, 15) is 4.79 Å². The number of rotatable bonds is 4. The number of piperazine rings is 1. The van der Waals surface area contributed by atoms with Crippen molar-refractivity contribution in [1.82, 2.24) is 14.8 Å². The lowest BCUT2D eigenvalue weighted by Crippen LogP contribution is -2.50. The standard InChI is InChI=1S/C21H32N4O/c26-21(19-7-1-2-8-19)25-11-5-6-18(17-25)16-23-12-14-24(15-13-23)20-9-3-4-10-22-20/h3-4,9-10,18-19H,1-2,5-8,11-17H2/t18-/m1/s1. The highest BCUT2D eigenvalue weighted by Crippen LogP contribution is 2.29. The summed E-state index contributed by atoms with van der Waals surface area (Å²) in [4.78, 5) is 24.4. The zero-order valence-electron chi connectivity index (χ0n) is 15.9. The highest BCUT2D eigenvalue weighted by molar-refractivity contribution is 5.79. The number of amides is 1. The van der Waals surface area contributed by atoms with Gasteiger partial charge in [-0.05, 0) is 43.7 Å². The third kappa shape index (κ3) is 4.20. The molecule has 0 unspecified atom stereocenters. The maximum absolute atomic E-state index is 12.7. The van der Waals surface area contributed by atoms with Crippen molar-refractivity contribution in [3.05, 3.63) is 24.4 Å². The number of hydrogen-bond acceptors (Lipinski definition) is 4. The minimum atomic E-state index is 0.329. The van der Waals surface area contributed by atoms with Crippen molar-refractivity contribution in [2.45, 2.75) is 38.5 Å². The largest absolute Gasteiger partial charge is 0.354 e. The third-order valence-electron chi connectivity index (χ3n) is 6.40. The summed E-state index contributed by atoms with van der Waals surface area (Å²) in [6.45, 7) is 7.41. The molecule has 5 heteroatoms. The van der Waals surface area contributed by atoms with Crippen LogP contribution in [0.1, 0.15) is 38.5 Å². The molecule has 0 radical (unpaired) electrons. The number of hydrogen-bond donors (Lipinski definition) is 0. The Balaban J connectivity index is 1.25. The van der Waals surface area contributed by atoms with Gasteiger partial charge in [0.15, 0.2) is 0 Å². The topological polar surface area (TPSA) is 39.7 Å². The molecule has 3 heterocycles. The lowest BCUT2D eigenvalue weighted by Gasteiger charge is -2.40. The predicted octanol–water partition coefficient (Wildman–Crippen LogP) is 2.63. The van der Waals surface area contributed by atoms with Gasteiger partial charge in [0, 0.05) is 57.9 Å². The van der Waals surface area contributed by atoms with Gasteiger partial charge in [0.05, 0.1) is 0 Å². The van der Waals surface area contributed by atoms with Gasteiger partial charge in [0.1, 0.15) is 5.82 Å². The van der Waals surface area contributed by atoms with Crippen molar-refractivity contribution >= 4 is 11.7 Å². The Hall–Kier alpha value is -1.62.